The Labute approximate surface area is 120 Å². The molecule has 9 nitrogen and oxygen atoms in total. The summed E-state index contributed by atoms with van der Waals surface area (Å²) in [7, 11) is 0. The summed E-state index contributed by atoms with van der Waals surface area (Å²) < 4.78 is 0. The first-order valence-electron chi connectivity index (χ1n) is 6.23. The van der Waals surface area contributed by atoms with E-state index in [-0.39, 0.29) is 24.2 Å². The Hall–Kier alpha value is -2.71. The lowest BCUT2D eigenvalue weighted by Gasteiger charge is -2.29. The van der Waals surface area contributed by atoms with Gasteiger partial charge in [0.1, 0.15) is 17.6 Å². The van der Waals surface area contributed by atoms with Crippen molar-refractivity contribution < 1.29 is 19.6 Å². The summed E-state index contributed by atoms with van der Waals surface area (Å²) >= 11 is 0. The second-order valence-corrected chi connectivity index (χ2v) is 4.43. The molecule has 0 bridgehead atoms. The number of amides is 1. The molecule has 1 heterocycles. The maximum atomic E-state index is 11.4. The van der Waals surface area contributed by atoms with E-state index in [0.29, 0.717) is 0 Å². The van der Waals surface area contributed by atoms with Crippen LogP contribution in [0.15, 0.2) is 12.3 Å². The number of anilines is 1. The Balaban J connectivity index is 3.33. The molecule has 0 saturated carbocycles. The van der Waals surface area contributed by atoms with Crippen LogP contribution in [-0.4, -0.2) is 32.4 Å². The summed E-state index contributed by atoms with van der Waals surface area (Å²) in [5.41, 5.74) is 3.22. The predicted octanol–water partition coefficient (Wildman–Crippen LogP) is 1.14. The molecule has 4 N–H and O–H groups in total. The zero-order valence-electron chi connectivity index (χ0n) is 11.6. The third-order valence-electron chi connectivity index (χ3n) is 3.32. The van der Waals surface area contributed by atoms with E-state index in [1.54, 1.807) is 13.8 Å². The zero-order valence-corrected chi connectivity index (χ0v) is 11.6. The Morgan fingerprint density at radius 3 is 2.43 bits per heavy atom. The molecule has 0 fully saturated rings. The van der Waals surface area contributed by atoms with E-state index < -0.39 is 28.0 Å². The van der Waals surface area contributed by atoms with Gasteiger partial charge in [0.05, 0.1) is 10.5 Å². The van der Waals surface area contributed by atoms with Crippen LogP contribution in [0.3, 0.4) is 0 Å². The maximum absolute atomic E-state index is 11.4. The molecule has 0 aliphatic heterocycles. The van der Waals surface area contributed by atoms with Gasteiger partial charge < -0.3 is 16.2 Å². The third kappa shape index (κ3) is 3.25. The smallest absolute Gasteiger partial charge is 0.329 e. The Bertz CT molecular complexity index is 583. The van der Waals surface area contributed by atoms with Crippen LogP contribution in [0.1, 0.15) is 37.0 Å². The lowest BCUT2D eigenvalue weighted by molar-refractivity contribution is -0.385. The van der Waals surface area contributed by atoms with E-state index in [1.807, 2.05) is 0 Å². The SMILES string of the molecule is CCC(CC)(Nc1ncc([N+](=O)[O-])cc1C(N)=O)C(=O)O. The number of primary amides is 1. The fraction of sp³-hybridized carbons (Fsp3) is 0.417. The quantitative estimate of drug-likeness (QED) is 0.504. The minimum absolute atomic E-state index is 0.0841. The van der Waals surface area contributed by atoms with Gasteiger partial charge in [-0.3, -0.25) is 14.9 Å². The van der Waals surface area contributed by atoms with E-state index >= 15 is 0 Å². The molecule has 0 spiro atoms. The van der Waals surface area contributed by atoms with Gasteiger partial charge in [-0.25, -0.2) is 9.78 Å². The van der Waals surface area contributed by atoms with Gasteiger partial charge in [-0.15, -0.1) is 0 Å². The third-order valence-corrected chi connectivity index (χ3v) is 3.32. The molecule has 0 atom stereocenters. The Kier molecular flexibility index (Phi) is 4.79. The first kappa shape index (κ1) is 16.3. The number of carbonyl (C=O) groups is 2. The van der Waals surface area contributed by atoms with Crippen LogP contribution in [0.5, 0.6) is 0 Å². The molecule has 21 heavy (non-hydrogen) atoms. The minimum atomic E-state index is -1.33. The number of nitrogens with zero attached hydrogens (tertiary/aromatic N) is 2. The van der Waals surface area contributed by atoms with Crippen LogP contribution in [0, 0.1) is 10.1 Å². The molecule has 1 aromatic rings. The first-order valence-corrected chi connectivity index (χ1v) is 6.23. The van der Waals surface area contributed by atoms with Crippen LogP contribution in [0.4, 0.5) is 11.5 Å². The van der Waals surface area contributed by atoms with Crippen molar-refractivity contribution in [1.82, 2.24) is 4.98 Å². The molecule has 1 rings (SSSR count). The number of carboxylic acid groups (broad SMARTS) is 1. The molecular formula is C12H16N4O5. The number of aliphatic carboxylic acids is 1. The minimum Gasteiger partial charge on any atom is -0.480 e. The summed E-state index contributed by atoms with van der Waals surface area (Å²) in [5.74, 6) is -2.12. The fourth-order valence-corrected chi connectivity index (χ4v) is 1.85. The number of nitrogens with one attached hydrogen (secondary N) is 1. The van der Waals surface area contributed by atoms with Crippen LogP contribution >= 0.6 is 0 Å². The largest absolute Gasteiger partial charge is 0.480 e. The number of pyridine rings is 1. The van der Waals surface area contributed by atoms with Crippen LogP contribution in [0.2, 0.25) is 0 Å². The van der Waals surface area contributed by atoms with Gasteiger partial charge in [0.15, 0.2) is 0 Å². The molecule has 0 radical (unpaired) electrons. The normalized spacial score (nSPS) is 11.0. The summed E-state index contributed by atoms with van der Waals surface area (Å²) in [5, 5.41) is 22.7. The number of aromatic nitrogens is 1. The molecule has 0 aliphatic rings. The van der Waals surface area contributed by atoms with Crippen molar-refractivity contribution in [3.63, 3.8) is 0 Å². The molecule has 114 valence electrons. The van der Waals surface area contributed by atoms with Crippen molar-refractivity contribution in [3.05, 3.63) is 27.9 Å². The second-order valence-electron chi connectivity index (χ2n) is 4.43. The highest BCUT2D eigenvalue weighted by molar-refractivity contribution is 5.99. The molecule has 0 unspecified atom stereocenters. The zero-order chi connectivity index (χ0) is 16.2. The average Bonchev–Trinajstić information content (AvgIpc) is 2.44. The van der Waals surface area contributed by atoms with Gasteiger partial charge in [-0.1, -0.05) is 13.8 Å². The van der Waals surface area contributed by atoms with E-state index in [4.69, 9.17) is 5.73 Å². The van der Waals surface area contributed by atoms with Crippen LogP contribution in [-0.2, 0) is 4.79 Å². The highest BCUT2D eigenvalue weighted by Gasteiger charge is 2.36. The number of hydrogen-bond donors (Lipinski definition) is 3. The highest BCUT2D eigenvalue weighted by Crippen LogP contribution is 2.26. The van der Waals surface area contributed by atoms with Crippen LogP contribution < -0.4 is 11.1 Å². The van der Waals surface area contributed by atoms with E-state index in [1.165, 1.54) is 0 Å². The summed E-state index contributed by atoms with van der Waals surface area (Å²) in [4.78, 5) is 36.6. The average molecular weight is 296 g/mol. The topological polar surface area (TPSA) is 148 Å². The standard InChI is InChI=1S/C12H16N4O5/c1-3-12(4-2,11(18)19)15-10-8(9(13)17)5-7(6-14-10)16(20)21/h5-6H,3-4H2,1-2H3,(H2,13,17)(H,14,15)(H,18,19). The number of nitrogens with two attached hydrogens (primary N) is 1. The molecule has 0 aliphatic carbocycles. The number of hydrogen-bond acceptors (Lipinski definition) is 6. The number of carbonyl (C=O) groups excluding carboxylic acids is 1. The summed E-state index contributed by atoms with van der Waals surface area (Å²) in [6, 6.07) is 0.968. The van der Waals surface area contributed by atoms with Gasteiger partial charge in [0, 0.05) is 6.07 Å². The highest BCUT2D eigenvalue weighted by atomic mass is 16.6. The molecule has 0 saturated heterocycles. The van der Waals surface area contributed by atoms with Gasteiger partial charge in [0.25, 0.3) is 11.6 Å². The Morgan fingerprint density at radius 1 is 1.48 bits per heavy atom. The van der Waals surface area contributed by atoms with E-state index in [9.17, 15) is 24.8 Å². The molecule has 0 aromatic carbocycles. The van der Waals surface area contributed by atoms with Crippen LogP contribution in [0.25, 0.3) is 0 Å². The van der Waals surface area contributed by atoms with E-state index in [0.717, 1.165) is 12.3 Å². The van der Waals surface area contributed by atoms with E-state index in [2.05, 4.69) is 10.3 Å². The lowest BCUT2D eigenvalue weighted by Crippen LogP contribution is -2.46. The number of nitro groups is 1. The molecule has 1 amide bonds. The molecule has 1 aromatic heterocycles. The fourth-order valence-electron chi connectivity index (χ4n) is 1.85. The van der Waals surface area contributed by atoms with Crippen molar-refractivity contribution in [1.29, 1.82) is 0 Å². The summed E-state index contributed by atoms with van der Waals surface area (Å²) in [6.07, 6.45) is 1.40. The van der Waals surface area contributed by atoms with Crippen molar-refractivity contribution in [2.45, 2.75) is 32.2 Å². The first-order chi connectivity index (χ1) is 9.77. The van der Waals surface area contributed by atoms with Gasteiger partial charge in [-0.05, 0) is 12.8 Å². The second kappa shape index (κ2) is 6.16. The number of rotatable bonds is 7. The van der Waals surface area contributed by atoms with Crippen molar-refractivity contribution >= 4 is 23.4 Å². The molecule has 9 heteroatoms. The Morgan fingerprint density at radius 2 is 2.05 bits per heavy atom. The summed E-state index contributed by atoms with van der Waals surface area (Å²) in [6.45, 7) is 3.33. The van der Waals surface area contributed by atoms with Gasteiger partial charge >= 0.3 is 5.97 Å². The number of carboxylic acids is 1. The monoisotopic (exact) mass is 296 g/mol. The van der Waals surface area contributed by atoms with Crippen molar-refractivity contribution in [3.8, 4) is 0 Å². The van der Waals surface area contributed by atoms with Crippen molar-refractivity contribution in [2.75, 3.05) is 5.32 Å². The van der Waals surface area contributed by atoms with Gasteiger partial charge in [0.2, 0.25) is 0 Å². The predicted molar refractivity (Wildman–Crippen MR) is 74.0 cm³/mol. The lowest BCUT2D eigenvalue weighted by atomic mass is 9.92. The maximum Gasteiger partial charge on any atom is 0.329 e. The van der Waals surface area contributed by atoms with Gasteiger partial charge in [-0.2, -0.15) is 0 Å². The van der Waals surface area contributed by atoms with Crippen molar-refractivity contribution in [2.24, 2.45) is 5.73 Å². The molecular weight excluding hydrogens is 280 g/mol.